The third-order valence-electron chi connectivity index (χ3n) is 2.64. The summed E-state index contributed by atoms with van der Waals surface area (Å²) in [6.07, 6.45) is 0. The molecule has 0 bridgehead atoms. The first-order chi connectivity index (χ1) is 8.97. The second-order valence-electron chi connectivity index (χ2n) is 4.08. The molecule has 0 unspecified atom stereocenters. The second-order valence-corrected chi connectivity index (χ2v) is 4.08. The smallest absolute Gasteiger partial charge is 0.255 e. The van der Waals surface area contributed by atoms with Gasteiger partial charge in [-0.2, -0.15) is 0 Å². The van der Waals surface area contributed by atoms with Crippen molar-refractivity contribution in [3.8, 4) is 5.75 Å². The van der Waals surface area contributed by atoms with Crippen LogP contribution in [0.25, 0.3) is 0 Å². The lowest BCUT2D eigenvalue weighted by atomic mass is 10.1. The highest BCUT2D eigenvalue weighted by molar-refractivity contribution is 6.04. The van der Waals surface area contributed by atoms with E-state index in [0.29, 0.717) is 11.3 Å². The van der Waals surface area contributed by atoms with Crippen LogP contribution in [0.2, 0.25) is 0 Å². The van der Waals surface area contributed by atoms with Gasteiger partial charge < -0.3 is 10.4 Å². The van der Waals surface area contributed by atoms with E-state index in [1.165, 1.54) is 18.2 Å². The number of hydrogen-bond acceptors (Lipinski definition) is 2. The highest BCUT2D eigenvalue weighted by Gasteiger charge is 2.10. The van der Waals surface area contributed by atoms with Crippen LogP contribution >= 0.6 is 0 Å². The number of carbonyl (C=O) groups is 1. The van der Waals surface area contributed by atoms with Gasteiger partial charge in [-0.1, -0.05) is 0 Å². The van der Waals surface area contributed by atoms with Crippen LogP contribution in [0.4, 0.5) is 14.5 Å². The quantitative estimate of drug-likeness (QED) is 0.817. The van der Waals surface area contributed by atoms with E-state index in [9.17, 15) is 18.7 Å². The van der Waals surface area contributed by atoms with E-state index in [0.717, 1.165) is 12.1 Å². The number of phenolic OH excluding ortho intramolecular Hbond substituents is 1. The summed E-state index contributed by atoms with van der Waals surface area (Å²) in [4.78, 5) is 11.8. The number of aryl methyl sites for hydroxylation is 1. The van der Waals surface area contributed by atoms with Crippen LogP contribution in [0.15, 0.2) is 36.4 Å². The summed E-state index contributed by atoms with van der Waals surface area (Å²) in [6.45, 7) is 1.68. The molecule has 2 rings (SSSR count). The van der Waals surface area contributed by atoms with Gasteiger partial charge in [0.2, 0.25) is 0 Å². The molecule has 0 saturated carbocycles. The van der Waals surface area contributed by atoms with Gasteiger partial charge in [-0.05, 0) is 48.9 Å². The summed E-state index contributed by atoms with van der Waals surface area (Å²) in [5, 5.41) is 11.9. The zero-order valence-corrected chi connectivity index (χ0v) is 10.1. The van der Waals surface area contributed by atoms with Gasteiger partial charge in [-0.3, -0.25) is 4.79 Å². The van der Waals surface area contributed by atoms with Crippen LogP contribution in [-0.4, -0.2) is 11.0 Å². The third-order valence-corrected chi connectivity index (χ3v) is 2.64. The number of anilines is 1. The molecule has 5 heteroatoms. The van der Waals surface area contributed by atoms with Crippen LogP contribution < -0.4 is 5.32 Å². The summed E-state index contributed by atoms with van der Waals surface area (Å²) < 4.78 is 25.8. The van der Waals surface area contributed by atoms with Crippen molar-refractivity contribution in [3.63, 3.8) is 0 Å². The van der Waals surface area contributed by atoms with E-state index >= 15 is 0 Å². The molecule has 0 fully saturated rings. The van der Waals surface area contributed by atoms with Crippen LogP contribution in [0.3, 0.4) is 0 Å². The predicted molar refractivity (Wildman–Crippen MR) is 67.2 cm³/mol. The van der Waals surface area contributed by atoms with Crippen LogP contribution in [0, 0.1) is 18.6 Å². The Kier molecular flexibility index (Phi) is 3.46. The van der Waals surface area contributed by atoms with Crippen molar-refractivity contribution in [3.05, 3.63) is 59.2 Å². The van der Waals surface area contributed by atoms with Gasteiger partial charge in [0.1, 0.15) is 5.75 Å². The van der Waals surface area contributed by atoms with E-state index in [1.807, 2.05) is 0 Å². The minimum Gasteiger partial charge on any atom is -0.508 e. The molecule has 19 heavy (non-hydrogen) atoms. The minimum atomic E-state index is -1.07. The van der Waals surface area contributed by atoms with Crippen molar-refractivity contribution in [2.45, 2.75) is 6.92 Å². The Morgan fingerprint density at radius 1 is 1.11 bits per heavy atom. The minimum absolute atomic E-state index is 0.0182. The molecular formula is C14H11F2NO2. The van der Waals surface area contributed by atoms with E-state index in [4.69, 9.17) is 0 Å². The number of amides is 1. The molecule has 2 N–H and O–H groups in total. The number of rotatable bonds is 2. The van der Waals surface area contributed by atoms with E-state index < -0.39 is 17.5 Å². The zero-order chi connectivity index (χ0) is 14.0. The monoisotopic (exact) mass is 263 g/mol. The lowest BCUT2D eigenvalue weighted by Crippen LogP contribution is -2.12. The van der Waals surface area contributed by atoms with Crippen molar-refractivity contribution in [1.29, 1.82) is 0 Å². The molecule has 0 atom stereocenters. The van der Waals surface area contributed by atoms with Crippen molar-refractivity contribution >= 4 is 11.6 Å². The van der Waals surface area contributed by atoms with Crippen molar-refractivity contribution < 1.29 is 18.7 Å². The van der Waals surface area contributed by atoms with Gasteiger partial charge >= 0.3 is 0 Å². The maximum atomic E-state index is 13.0. The molecule has 2 aromatic rings. The van der Waals surface area contributed by atoms with E-state index in [-0.39, 0.29) is 11.3 Å². The number of hydrogen-bond donors (Lipinski definition) is 2. The van der Waals surface area contributed by atoms with Gasteiger partial charge in [-0.15, -0.1) is 0 Å². The topological polar surface area (TPSA) is 49.3 Å². The largest absolute Gasteiger partial charge is 0.508 e. The predicted octanol–water partition coefficient (Wildman–Crippen LogP) is 3.23. The summed E-state index contributed by atoms with van der Waals surface area (Å²) in [5.74, 6) is -2.51. The number of aromatic hydroxyl groups is 1. The molecule has 0 aliphatic carbocycles. The fraction of sp³-hybridized carbons (Fsp3) is 0.0714. The molecule has 0 saturated heterocycles. The third kappa shape index (κ3) is 2.88. The zero-order valence-electron chi connectivity index (χ0n) is 10.1. The molecule has 0 radical (unpaired) electrons. The number of benzene rings is 2. The maximum absolute atomic E-state index is 13.0. The molecule has 98 valence electrons. The molecule has 0 aliphatic rings. The standard InChI is InChI=1S/C14H11F2NO2/c1-8-6-10(3-5-13(8)18)17-14(19)9-2-4-11(15)12(16)7-9/h2-7,18H,1H3,(H,17,19). The molecule has 0 aromatic heterocycles. The van der Waals surface area contributed by atoms with Crippen molar-refractivity contribution in [2.24, 2.45) is 0 Å². The average molecular weight is 263 g/mol. The number of carbonyl (C=O) groups excluding carboxylic acids is 1. The maximum Gasteiger partial charge on any atom is 0.255 e. The molecule has 1 amide bonds. The van der Waals surface area contributed by atoms with Crippen molar-refractivity contribution in [1.82, 2.24) is 0 Å². The highest BCUT2D eigenvalue weighted by Crippen LogP contribution is 2.20. The molecule has 2 aromatic carbocycles. The fourth-order valence-electron chi connectivity index (χ4n) is 1.57. The molecule has 0 heterocycles. The van der Waals surface area contributed by atoms with Gasteiger partial charge in [0, 0.05) is 11.3 Å². The first-order valence-electron chi connectivity index (χ1n) is 5.53. The lowest BCUT2D eigenvalue weighted by molar-refractivity contribution is 0.102. The Morgan fingerprint density at radius 3 is 2.47 bits per heavy atom. The molecular weight excluding hydrogens is 252 g/mol. The van der Waals surface area contributed by atoms with Crippen molar-refractivity contribution in [2.75, 3.05) is 5.32 Å². The first kappa shape index (κ1) is 13.0. The number of phenols is 1. The Morgan fingerprint density at radius 2 is 1.84 bits per heavy atom. The normalized spacial score (nSPS) is 10.3. The SMILES string of the molecule is Cc1cc(NC(=O)c2ccc(F)c(F)c2)ccc1O. The van der Waals surface area contributed by atoms with E-state index in [1.54, 1.807) is 13.0 Å². The Labute approximate surface area is 108 Å². The van der Waals surface area contributed by atoms with Crippen LogP contribution in [0.1, 0.15) is 15.9 Å². The lowest BCUT2D eigenvalue weighted by Gasteiger charge is -2.07. The van der Waals surface area contributed by atoms with Gasteiger partial charge in [0.25, 0.3) is 5.91 Å². The fourth-order valence-corrected chi connectivity index (χ4v) is 1.57. The summed E-state index contributed by atoms with van der Waals surface area (Å²) >= 11 is 0. The summed E-state index contributed by atoms with van der Waals surface area (Å²) in [7, 11) is 0. The van der Waals surface area contributed by atoms with E-state index in [2.05, 4.69) is 5.32 Å². The molecule has 0 aliphatic heterocycles. The Bertz CT molecular complexity index is 641. The van der Waals surface area contributed by atoms with Gasteiger partial charge in [-0.25, -0.2) is 8.78 Å². The molecule has 3 nitrogen and oxygen atoms in total. The van der Waals surface area contributed by atoms with Gasteiger partial charge in [0.15, 0.2) is 11.6 Å². The summed E-state index contributed by atoms with van der Waals surface area (Å²) in [6, 6.07) is 7.45. The van der Waals surface area contributed by atoms with Crippen LogP contribution in [-0.2, 0) is 0 Å². The molecule has 0 spiro atoms. The first-order valence-corrected chi connectivity index (χ1v) is 5.53. The second kappa shape index (κ2) is 5.06. The summed E-state index contributed by atoms with van der Waals surface area (Å²) in [5.41, 5.74) is 1.08. The number of halogens is 2. The van der Waals surface area contributed by atoms with Crippen LogP contribution in [0.5, 0.6) is 5.75 Å². The van der Waals surface area contributed by atoms with Gasteiger partial charge in [0.05, 0.1) is 0 Å². The number of nitrogens with one attached hydrogen (secondary N) is 1. The Balaban J connectivity index is 2.20. The highest BCUT2D eigenvalue weighted by atomic mass is 19.2. The Hall–Kier alpha value is -2.43. The average Bonchev–Trinajstić information content (AvgIpc) is 2.37.